The number of non-ortho nitro benzene ring substituents is 1. The van der Waals surface area contributed by atoms with Crippen LogP contribution in [0.2, 0.25) is 0 Å². The van der Waals surface area contributed by atoms with Crippen LogP contribution in [0.4, 0.5) is 5.69 Å². The van der Waals surface area contributed by atoms with Gasteiger partial charge in [0.25, 0.3) is 11.6 Å². The minimum atomic E-state index is -0.463. The molecule has 0 N–H and O–H groups in total. The van der Waals surface area contributed by atoms with Crippen LogP contribution in [0.25, 0.3) is 5.69 Å². The van der Waals surface area contributed by atoms with Gasteiger partial charge in [-0.05, 0) is 49.9 Å². The lowest BCUT2D eigenvalue weighted by atomic mass is 10.0. The zero-order chi connectivity index (χ0) is 22.0. The maximum atomic E-state index is 13.3. The number of ether oxygens (including phenoxy) is 1. The van der Waals surface area contributed by atoms with Crippen LogP contribution in [0.15, 0.2) is 48.5 Å². The van der Waals surface area contributed by atoms with Crippen LogP contribution in [-0.2, 0) is 6.42 Å². The van der Waals surface area contributed by atoms with E-state index in [1.807, 2.05) is 29.2 Å². The van der Waals surface area contributed by atoms with E-state index in [1.165, 1.54) is 16.8 Å². The molecule has 4 rings (SSSR count). The van der Waals surface area contributed by atoms with Crippen LogP contribution < -0.4 is 4.74 Å². The molecule has 3 aromatic rings. The van der Waals surface area contributed by atoms with Gasteiger partial charge in [0.2, 0.25) is 0 Å². The predicted molar refractivity (Wildman–Crippen MR) is 114 cm³/mol. The van der Waals surface area contributed by atoms with E-state index in [9.17, 15) is 14.9 Å². The highest BCUT2D eigenvalue weighted by atomic mass is 16.6. The van der Waals surface area contributed by atoms with E-state index in [-0.39, 0.29) is 23.3 Å². The van der Waals surface area contributed by atoms with E-state index >= 15 is 0 Å². The second kappa shape index (κ2) is 8.55. The third kappa shape index (κ3) is 4.11. The first kappa shape index (κ1) is 20.5. The normalized spacial score (nSPS) is 15.8. The van der Waals surface area contributed by atoms with Crippen LogP contribution >= 0.6 is 0 Å². The zero-order valence-corrected chi connectivity index (χ0v) is 17.4. The molecule has 1 amide bonds. The van der Waals surface area contributed by atoms with Crippen LogP contribution in [0.1, 0.15) is 34.6 Å². The lowest BCUT2D eigenvalue weighted by Gasteiger charge is -2.24. The highest BCUT2D eigenvalue weighted by Crippen LogP contribution is 2.26. The number of nitro groups is 1. The van der Waals surface area contributed by atoms with Gasteiger partial charge < -0.3 is 9.64 Å². The van der Waals surface area contributed by atoms with E-state index in [0.29, 0.717) is 17.9 Å². The number of benzene rings is 2. The first-order valence-electron chi connectivity index (χ1n) is 10.1. The van der Waals surface area contributed by atoms with Gasteiger partial charge in [-0.25, -0.2) is 4.68 Å². The summed E-state index contributed by atoms with van der Waals surface area (Å²) in [7, 11) is 1.64. The average molecular weight is 421 g/mol. The van der Waals surface area contributed by atoms with Gasteiger partial charge in [0, 0.05) is 24.7 Å². The van der Waals surface area contributed by atoms with Gasteiger partial charge in [-0.3, -0.25) is 14.9 Å². The largest absolute Gasteiger partial charge is 0.497 e. The Labute approximate surface area is 179 Å². The Morgan fingerprint density at radius 2 is 2.06 bits per heavy atom. The Balaban J connectivity index is 1.56. The first-order valence-corrected chi connectivity index (χ1v) is 10.1. The molecular formula is C22H23N5O4. The number of nitrogens with zero attached hydrogens (tertiary/aromatic N) is 5. The third-order valence-electron chi connectivity index (χ3n) is 5.63. The number of rotatable bonds is 6. The number of methoxy groups -OCH3 is 1. The van der Waals surface area contributed by atoms with Gasteiger partial charge in [0.1, 0.15) is 5.75 Å². The van der Waals surface area contributed by atoms with Crippen molar-refractivity contribution < 1.29 is 14.5 Å². The van der Waals surface area contributed by atoms with Gasteiger partial charge in [0.15, 0.2) is 5.69 Å². The highest BCUT2D eigenvalue weighted by molar-refractivity contribution is 5.93. The van der Waals surface area contributed by atoms with Gasteiger partial charge in [-0.15, -0.1) is 5.10 Å². The van der Waals surface area contributed by atoms with Gasteiger partial charge in [0.05, 0.1) is 23.4 Å². The molecule has 160 valence electrons. The fourth-order valence-corrected chi connectivity index (χ4v) is 4.03. The second-order valence-corrected chi connectivity index (χ2v) is 7.56. The standard InChI is InChI=1S/C22H23N5O4/c1-15-21(23-24-26(15)18-7-4-8-19(14-18)27(29)30)22(28)25-11-5-9-17(25)12-16-6-3-10-20(13-16)31-2/h3-4,6-8,10,13-14,17H,5,9,11-12H2,1-2H3. The third-order valence-corrected chi connectivity index (χ3v) is 5.63. The Hall–Kier alpha value is -3.75. The van der Waals surface area contributed by atoms with E-state index in [4.69, 9.17) is 4.74 Å². The van der Waals surface area contributed by atoms with Crippen molar-refractivity contribution in [3.63, 3.8) is 0 Å². The SMILES string of the molecule is COc1cccc(CC2CCCN2C(=O)c2nnn(-c3cccc([N+](=O)[O-])c3)c2C)c1. The molecule has 0 bridgehead atoms. The molecule has 1 unspecified atom stereocenters. The summed E-state index contributed by atoms with van der Waals surface area (Å²) in [6, 6.07) is 14.1. The van der Waals surface area contributed by atoms with Crippen molar-refractivity contribution in [1.82, 2.24) is 19.9 Å². The second-order valence-electron chi connectivity index (χ2n) is 7.56. The summed E-state index contributed by atoms with van der Waals surface area (Å²) in [4.78, 5) is 25.8. The Morgan fingerprint density at radius 1 is 1.26 bits per heavy atom. The highest BCUT2D eigenvalue weighted by Gasteiger charge is 2.32. The minimum Gasteiger partial charge on any atom is -0.497 e. The first-order chi connectivity index (χ1) is 15.0. The maximum Gasteiger partial charge on any atom is 0.276 e. The summed E-state index contributed by atoms with van der Waals surface area (Å²) < 4.78 is 6.77. The molecule has 1 fully saturated rings. The maximum absolute atomic E-state index is 13.3. The smallest absolute Gasteiger partial charge is 0.276 e. The lowest BCUT2D eigenvalue weighted by molar-refractivity contribution is -0.384. The van der Waals surface area contributed by atoms with E-state index in [0.717, 1.165) is 30.6 Å². The van der Waals surface area contributed by atoms with Crippen molar-refractivity contribution >= 4 is 11.6 Å². The number of carbonyl (C=O) groups is 1. The van der Waals surface area contributed by atoms with Crippen LogP contribution in [-0.4, -0.2) is 50.4 Å². The topological polar surface area (TPSA) is 103 Å². The van der Waals surface area contributed by atoms with Crippen LogP contribution in [0, 0.1) is 17.0 Å². The summed E-state index contributed by atoms with van der Waals surface area (Å²) >= 11 is 0. The van der Waals surface area contributed by atoms with Gasteiger partial charge in [-0.2, -0.15) is 0 Å². The Kier molecular flexibility index (Phi) is 5.66. The minimum absolute atomic E-state index is 0.0434. The zero-order valence-electron chi connectivity index (χ0n) is 17.4. The lowest BCUT2D eigenvalue weighted by Crippen LogP contribution is -2.37. The molecule has 1 atom stereocenters. The van der Waals surface area contributed by atoms with E-state index in [2.05, 4.69) is 10.3 Å². The molecule has 2 aromatic carbocycles. The van der Waals surface area contributed by atoms with Crippen molar-refractivity contribution in [2.45, 2.75) is 32.2 Å². The van der Waals surface area contributed by atoms with Crippen molar-refractivity contribution in [2.24, 2.45) is 0 Å². The summed E-state index contributed by atoms with van der Waals surface area (Å²) in [5, 5.41) is 19.3. The molecule has 0 saturated carbocycles. The number of carbonyl (C=O) groups excluding carboxylic acids is 1. The van der Waals surface area contributed by atoms with Crippen LogP contribution in [0.3, 0.4) is 0 Å². The summed E-state index contributed by atoms with van der Waals surface area (Å²) in [5.41, 5.74) is 2.38. The number of nitro benzene ring substituents is 1. The molecule has 1 aliphatic heterocycles. The molecule has 31 heavy (non-hydrogen) atoms. The summed E-state index contributed by atoms with van der Waals surface area (Å²) in [6.45, 7) is 2.41. The molecule has 2 heterocycles. The number of amides is 1. The number of likely N-dealkylation sites (tertiary alicyclic amines) is 1. The predicted octanol–water partition coefficient (Wildman–Crippen LogP) is 3.34. The molecule has 9 nitrogen and oxygen atoms in total. The Bertz CT molecular complexity index is 1130. The van der Waals surface area contributed by atoms with Gasteiger partial charge in [-0.1, -0.05) is 23.4 Å². The summed E-state index contributed by atoms with van der Waals surface area (Å²) in [6.07, 6.45) is 2.58. The van der Waals surface area contributed by atoms with Crippen molar-refractivity contribution in [2.75, 3.05) is 13.7 Å². The molecule has 1 aliphatic rings. The molecule has 1 aromatic heterocycles. The van der Waals surface area contributed by atoms with Crippen molar-refractivity contribution in [3.8, 4) is 11.4 Å². The molecule has 1 saturated heterocycles. The van der Waals surface area contributed by atoms with E-state index in [1.54, 1.807) is 26.2 Å². The molecule has 0 radical (unpaired) electrons. The average Bonchev–Trinajstić information content (AvgIpc) is 3.40. The van der Waals surface area contributed by atoms with E-state index < -0.39 is 4.92 Å². The van der Waals surface area contributed by atoms with Crippen LogP contribution in [0.5, 0.6) is 5.75 Å². The van der Waals surface area contributed by atoms with Crippen molar-refractivity contribution in [3.05, 3.63) is 75.6 Å². The molecule has 0 spiro atoms. The monoisotopic (exact) mass is 421 g/mol. The quantitative estimate of drug-likeness (QED) is 0.447. The molecule has 0 aliphatic carbocycles. The summed E-state index contributed by atoms with van der Waals surface area (Å²) in [5.74, 6) is 0.628. The number of hydrogen-bond donors (Lipinski definition) is 0. The fraction of sp³-hybridized carbons (Fsp3) is 0.318. The fourth-order valence-electron chi connectivity index (χ4n) is 4.03. The number of aromatic nitrogens is 3. The molecule has 9 heteroatoms. The Morgan fingerprint density at radius 3 is 2.84 bits per heavy atom. The van der Waals surface area contributed by atoms with Crippen molar-refractivity contribution in [1.29, 1.82) is 0 Å². The molecular weight excluding hydrogens is 398 g/mol. The number of hydrogen-bond acceptors (Lipinski definition) is 6. The van der Waals surface area contributed by atoms with Gasteiger partial charge >= 0.3 is 0 Å².